The average molecular weight is 302 g/mol. The Morgan fingerprint density at radius 2 is 2.14 bits per heavy atom. The van der Waals surface area contributed by atoms with Crippen molar-refractivity contribution in [2.24, 2.45) is 0 Å². The molecular weight excluding hydrogens is 284 g/mol. The highest BCUT2D eigenvalue weighted by molar-refractivity contribution is 5.92. The monoisotopic (exact) mass is 302 g/mol. The van der Waals surface area contributed by atoms with E-state index in [1.165, 1.54) is 6.20 Å². The van der Waals surface area contributed by atoms with Crippen LogP contribution in [0.15, 0.2) is 24.8 Å². The fourth-order valence-corrected chi connectivity index (χ4v) is 2.51. The smallest absolute Gasteiger partial charge is 0.273 e. The molecule has 22 heavy (non-hydrogen) atoms. The summed E-state index contributed by atoms with van der Waals surface area (Å²) in [4.78, 5) is 22.4. The van der Waals surface area contributed by atoms with Crippen molar-refractivity contribution in [3.05, 3.63) is 30.5 Å². The van der Waals surface area contributed by atoms with Crippen LogP contribution < -0.4 is 4.74 Å². The lowest BCUT2D eigenvalue weighted by atomic mass is 10.1. The highest BCUT2D eigenvalue weighted by Gasteiger charge is 2.26. The van der Waals surface area contributed by atoms with Gasteiger partial charge in [-0.2, -0.15) is 0 Å². The van der Waals surface area contributed by atoms with Gasteiger partial charge in [0.2, 0.25) is 5.88 Å². The quantitative estimate of drug-likeness (QED) is 0.829. The summed E-state index contributed by atoms with van der Waals surface area (Å²) in [5.74, 6) is 0.505. The molecule has 1 fully saturated rings. The zero-order valence-electron chi connectivity index (χ0n) is 12.4. The molecule has 2 aromatic rings. The van der Waals surface area contributed by atoms with Gasteiger partial charge >= 0.3 is 0 Å². The van der Waals surface area contributed by atoms with Gasteiger partial charge in [0, 0.05) is 44.9 Å². The van der Waals surface area contributed by atoms with Crippen LogP contribution in [0.3, 0.4) is 0 Å². The van der Waals surface area contributed by atoms with Crippen LogP contribution in [-0.2, 0) is 6.54 Å². The van der Waals surface area contributed by atoms with Crippen molar-refractivity contribution >= 4 is 5.91 Å². The summed E-state index contributed by atoms with van der Waals surface area (Å²) in [6.07, 6.45) is 7.95. The lowest BCUT2D eigenvalue weighted by molar-refractivity contribution is 0.0576. The number of hydrogen-bond donors (Lipinski definition) is 0. The molecule has 1 saturated heterocycles. The Hall–Kier alpha value is -2.51. The molecule has 0 N–H and O–H groups in total. The van der Waals surface area contributed by atoms with Gasteiger partial charge in [0.15, 0.2) is 0 Å². The second-order valence-electron chi connectivity index (χ2n) is 5.09. The summed E-state index contributed by atoms with van der Waals surface area (Å²) in [6.45, 7) is 3.87. The standard InChI is InChI=1S/C14H18N6O2/c1-2-20-12(9-17-18-20)14(21)19-7-3-11(4-8-19)22-13-10-15-5-6-16-13/h5-6,9-11H,2-4,7-8H2,1H3. The molecule has 116 valence electrons. The molecule has 1 aliphatic heterocycles. The molecule has 0 aromatic carbocycles. The second kappa shape index (κ2) is 6.50. The molecule has 0 atom stereocenters. The lowest BCUT2D eigenvalue weighted by Gasteiger charge is -2.31. The number of nitrogens with zero attached hydrogens (tertiary/aromatic N) is 6. The molecule has 8 heteroatoms. The van der Waals surface area contributed by atoms with E-state index in [1.807, 2.05) is 11.8 Å². The van der Waals surface area contributed by atoms with Gasteiger partial charge in [-0.15, -0.1) is 5.10 Å². The van der Waals surface area contributed by atoms with E-state index in [9.17, 15) is 4.79 Å². The minimum atomic E-state index is -0.0233. The minimum Gasteiger partial charge on any atom is -0.473 e. The number of rotatable bonds is 4. The van der Waals surface area contributed by atoms with Crippen molar-refractivity contribution in [2.45, 2.75) is 32.4 Å². The first kappa shape index (κ1) is 14.4. The number of carbonyl (C=O) groups excluding carboxylic acids is 1. The highest BCUT2D eigenvalue weighted by atomic mass is 16.5. The van der Waals surface area contributed by atoms with Gasteiger partial charge < -0.3 is 9.64 Å². The summed E-state index contributed by atoms with van der Waals surface area (Å²) >= 11 is 0. The number of carbonyl (C=O) groups is 1. The number of amides is 1. The summed E-state index contributed by atoms with van der Waals surface area (Å²) in [6, 6.07) is 0. The van der Waals surface area contributed by atoms with E-state index in [0.29, 0.717) is 31.2 Å². The Kier molecular flexibility index (Phi) is 4.27. The number of aryl methyl sites for hydroxylation is 1. The predicted molar refractivity (Wildman–Crippen MR) is 77.3 cm³/mol. The predicted octanol–water partition coefficient (Wildman–Crippen LogP) is 0.772. The number of ether oxygens (including phenoxy) is 1. The van der Waals surface area contributed by atoms with Gasteiger partial charge in [0.05, 0.1) is 12.4 Å². The van der Waals surface area contributed by atoms with Crippen LogP contribution in [-0.4, -0.2) is 55.0 Å². The maximum atomic E-state index is 12.5. The van der Waals surface area contributed by atoms with E-state index in [-0.39, 0.29) is 12.0 Å². The molecule has 0 aliphatic carbocycles. The molecule has 0 radical (unpaired) electrons. The first-order chi connectivity index (χ1) is 10.8. The third-order valence-electron chi connectivity index (χ3n) is 3.69. The number of likely N-dealkylation sites (tertiary alicyclic amines) is 1. The fraction of sp³-hybridized carbons (Fsp3) is 0.500. The molecule has 3 heterocycles. The molecule has 0 spiro atoms. The van der Waals surface area contributed by atoms with Gasteiger partial charge in [-0.25, -0.2) is 9.67 Å². The van der Waals surface area contributed by atoms with E-state index >= 15 is 0 Å². The van der Waals surface area contributed by atoms with E-state index in [0.717, 1.165) is 12.8 Å². The van der Waals surface area contributed by atoms with E-state index < -0.39 is 0 Å². The van der Waals surface area contributed by atoms with Gasteiger partial charge in [-0.1, -0.05) is 5.21 Å². The van der Waals surface area contributed by atoms with Gasteiger partial charge in [-0.05, 0) is 6.92 Å². The van der Waals surface area contributed by atoms with Crippen LogP contribution in [0.5, 0.6) is 5.88 Å². The molecule has 3 rings (SSSR count). The molecule has 1 amide bonds. The highest BCUT2D eigenvalue weighted by Crippen LogP contribution is 2.18. The zero-order chi connectivity index (χ0) is 15.4. The van der Waals surface area contributed by atoms with Crippen molar-refractivity contribution in [2.75, 3.05) is 13.1 Å². The summed E-state index contributed by atoms with van der Waals surface area (Å²) in [7, 11) is 0. The molecule has 0 unspecified atom stereocenters. The first-order valence-corrected chi connectivity index (χ1v) is 7.38. The first-order valence-electron chi connectivity index (χ1n) is 7.38. The fourth-order valence-electron chi connectivity index (χ4n) is 2.51. The van der Waals surface area contributed by atoms with Crippen LogP contribution in [0.4, 0.5) is 0 Å². The Bertz CT molecular complexity index is 621. The van der Waals surface area contributed by atoms with Crippen LogP contribution in [0.25, 0.3) is 0 Å². The molecule has 0 bridgehead atoms. The Morgan fingerprint density at radius 3 is 2.82 bits per heavy atom. The Balaban J connectivity index is 1.56. The summed E-state index contributed by atoms with van der Waals surface area (Å²) in [5, 5.41) is 7.71. The van der Waals surface area contributed by atoms with Gasteiger partial charge in [0.25, 0.3) is 5.91 Å². The third kappa shape index (κ3) is 3.05. The molecule has 0 saturated carbocycles. The van der Waals surface area contributed by atoms with Crippen LogP contribution in [0.2, 0.25) is 0 Å². The Labute approximate surface area is 128 Å². The third-order valence-corrected chi connectivity index (χ3v) is 3.69. The maximum Gasteiger partial charge on any atom is 0.273 e. The average Bonchev–Trinajstić information content (AvgIpc) is 3.04. The van der Waals surface area contributed by atoms with Crippen LogP contribution >= 0.6 is 0 Å². The summed E-state index contributed by atoms with van der Waals surface area (Å²) in [5.41, 5.74) is 0.538. The van der Waals surface area contributed by atoms with Crippen LogP contribution in [0, 0.1) is 0 Å². The number of hydrogen-bond acceptors (Lipinski definition) is 6. The van der Waals surface area contributed by atoms with Crippen molar-refractivity contribution in [1.82, 2.24) is 29.9 Å². The summed E-state index contributed by atoms with van der Waals surface area (Å²) < 4.78 is 7.39. The topological polar surface area (TPSA) is 86.0 Å². The van der Waals surface area contributed by atoms with Gasteiger partial charge in [-0.3, -0.25) is 9.78 Å². The van der Waals surface area contributed by atoms with Crippen LogP contribution in [0.1, 0.15) is 30.3 Å². The van der Waals surface area contributed by atoms with E-state index in [1.54, 1.807) is 23.3 Å². The zero-order valence-corrected chi connectivity index (χ0v) is 12.4. The largest absolute Gasteiger partial charge is 0.473 e. The van der Waals surface area contributed by atoms with Gasteiger partial charge in [0.1, 0.15) is 11.8 Å². The second-order valence-corrected chi connectivity index (χ2v) is 5.09. The number of aromatic nitrogens is 5. The van der Waals surface area contributed by atoms with Crippen molar-refractivity contribution in [1.29, 1.82) is 0 Å². The molecular formula is C14H18N6O2. The van der Waals surface area contributed by atoms with Crippen molar-refractivity contribution < 1.29 is 9.53 Å². The number of piperidine rings is 1. The maximum absolute atomic E-state index is 12.5. The molecule has 2 aromatic heterocycles. The normalized spacial score (nSPS) is 15.8. The Morgan fingerprint density at radius 1 is 1.32 bits per heavy atom. The SMILES string of the molecule is CCn1nncc1C(=O)N1CCC(Oc2cnccn2)CC1. The van der Waals surface area contributed by atoms with Crippen molar-refractivity contribution in [3.8, 4) is 5.88 Å². The molecule has 1 aliphatic rings. The lowest BCUT2D eigenvalue weighted by Crippen LogP contribution is -2.42. The van der Waals surface area contributed by atoms with Crippen molar-refractivity contribution in [3.63, 3.8) is 0 Å². The molecule has 8 nitrogen and oxygen atoms in total. The van der Waals surface area contributed by atoms with E-state index in [4.69, 9.17) is 4.74 Å². The minimum absolute atomic E-state index is 0.0233. The van der Waals surface area contributed by atoms with E-state index in [2.05, 4.69) is 20.3 Å².